The predicted octanol–water partition coefficient (Wildman–Crippen LogP) is 3.37. The number of fused-ring (bicyclic) bond motifs is 2. The van der Waals surface area contributed by atoms with Crippen molar-refractivity contribution in [2.75, 3.05) is 44.2 Å². The van der Waals surface area contributed by atoms with Crippen molar-refractivity contribution in [3.8, 4) is 0 Å². The zero-order chi connectivity index (χ0) is 35.4. The van der Waals surface area contributed by atoms with Crippen molar-refractivity contribution in [2.45, 2.75) is 84.0 Å². The molecular formula is C39H53N7O4. The van der Waals surface area contributed by atoms with Gasteiger partial charge in [0.15, 0.2) is 0 Å². The van der Waals surface area contributed by atoms with Gasteiger partial charge in [-0.2, -0.15) is 0 Å². The van der Waals surface area contributed by atoms with E-state index in [-0.39, 0.29) is 67.1 Å². The van der Waals surface area contributed by atoms with E-state index in [0.29, 0.717) is 12.8 Å². The van der Waals surface area contributed by atoms with Gasteiger partial charge in [0.25, 0.3) is 0 Å². The molecule has 3 aliphatic heterocycles. The van der Waals surface area contributed by atoms with E-state index in [9.17, 15) is 19.2 Å². The lowest BCUT2D eigenvalue weighted by Crippen LogP contribution is -2.55. The Labute approximate surface area is 295 Å². The number of piperazine rings is 1. The van der Waals surface area contributed by atoms with Gasteiger partial charge in [-0.3, -0.25) is 24.1 Å². The van der Waals surface area contributed by atoms with Gasteiger partial charge in [0, 0.05) is 80.4 Å². The summed E-state index contributed by atoms with van der Waals surface area (Å²) in [4.78, 5) is 64.6. The van der Waals surface area contributed by atoms with Gasteiger partial charge in [-0.1, -0.05) is 51.1 Å². The van der Waals surface area contributed by atoms with E-state index in [1.807, 2.05) is 37.4 Å². The molecule has 3 aliphatic rings. The molecule has 11 nitrogen and oxygen atoms in total. The lowest BCUT2D eigenvalue weighted by molar-refractivity contribution is -0.141. The Morgan fingerprint density at radius 1 is 0.980 bits per heavy atom. The number of carbonyl (C=O) groups is 4. The molecule has 0 bridgehead atoms. The van der Waals surface area contributed by atoms with Crippen molar-refractivity contribution in [3.63, 3.8) is 0 Å². The summed E-state index contributed by atoms with van der Waals surface area (Å²) in [5.41, 5.74) is 4.30. The minimum absolute atomic E-state index is 0.0835. The average molecular weight is 684 g/mol. The number of carbonyl (C=O) groups excluding carboxylic acids is 4. The number of aromatic nitrogens is 1. The monoisotopic (exact) mass is 683 g/mol. The molecule has 0 radical (unpaired) electrons. The molecule has 4 heterocycles. The fraction of sp³-hybridized carbons (Fsp3) is 0.538. The van der Waals surface area contributed by atoms with Crippen LogP contribution in [0.2, 0.25) is 0 Å². The Morgan fingerprint density at radius 3 is 2.52 bits per heavy atom. The number of para-hydroxylation sites is 1. The number of benzene rings is 2. The van der Waals surface area contributed by atoms with Crippen LogP contribution in [-0.4, -0.2) is 102 Å². The third-order valence-electron chi connectivity index (χ3n) is 10.7. The fourth-order valence-electron chi connectivity index (χ4n) is 7.81. The van der Waals surface area contributed by atoms with Gasteiger partial charge in [-0.25, -0.2) is 0 Å². The third kappa shape index (κ3) is 8.49. The highest BCUT2D eigenvalue weighted by Gasteiger charge is 2.43. The van der Waals surface area contributed by atoms with E-state index in [1.165, 1.54) is 11.3 Å². The minimum atomic E-state index is -0.856. The van der Waals surface area contributed by atoms with E-state index in [4.69, 9.17) is 0 Å². The summed E-state index contributed by atoms with van der Waals surface area (Å²) in [6.45, 7) is 12.0. The number of hydrogen-bond acceptors (Lipinski definition) is 6. The molecule has 268 valence electrons. The van der Waals surface area contributed by atoms with Gasteiger partial charge < -0.3 is 30.7 Å². The molecule has 3 saturated heterocycles. The Morgan fingerprint density at radius 2 is 1.76 bits per heavy atom. The van der Waals surface area contributed by atoms with E-state index >= 15 is 0 Å². The number of aromatic amines is 1. The first-order chi connectivity index (χ1) is 24.0. The van der Waals surface area contributed by atoms with E-state index < -0.39 is 12.1 Å². The van der Waals surface area contributed by atoms with Gasteiger partial charge in [0.2, 0.25) is 23.6 Å². The van der Waals surface area contributed by atoms with Crippen LogP contribution in [0.5, 0.6) is 0 Å². The van der Waals surface area contributed by atoms with Crippen LogP contribution in [0.1, 0.15) is 57.6 Å². The first-order valence-corrected chi connectivity index (χ1v) is 18.3. The largest absolute Gasteiger partial charge is 0.369 e. The molecule has 0 unspecified atom stereocenters. The first kappa shape index (κ1) is 35.4. The molecule has 5 atom stereocenters. The molecule has 3 aromatic rings. The van der Waals surface area contributed by atoms with Crippen molar-refractivity contribution >= 4 is 40.2 Å². The van der Waals surface area contributed by atoms with Crippen molar-refractivity contribution in [1.29, 1.82) is 0 Å². The molecule has 11 heteroatoms. The lowest BCUT2D eigenvalue weighted by Gasteiger charge is -2.36. The summed E-state index contributed by atoms with van der Waals surface area (Å²) < 4.78 is 0. The van der Waals surface area contributed by atoms with Crippen LogP contribution in [0.15, 0.2) is 54.7 Å². The predicted molar refractivity (Wildman–Crippen MR) is 196 cm³/mol. The standard InChI is InChI=1S/C39H53N7O4/c1-25(2)32-13-12-27(4)19-36(47)42-34(20-28-22-40-33-11-6-5-10-31(28)33)39(50)46-23-29(21-35(46)38(49)43-32)41-37(48)24-44-14-16-45(17-15-44)30-9-7-8-26(3)18-30/h5-11,18,22,25,27,29,32,34-35,40H,12-17,19-21,23-24H2,1-4H3,(H,41,48)(H,42,47)(H,43,49)/t27-,29-,32+,34-,35+/m1/s1. The van der Waals surface area contributed by atoms with Gasteiger partial charge in [-0.15, -0.1) is 0 Å². The minimum Gasteiger partial charge on any atom is -0.369 e. The van der Waals surface area contributed by atoms with Crippen LogP contribution in [-0.2, 0) is 25.6 Å². The molecule has 6 rings (SSSR count). The second-order valence-corrected chi connectivity index (χ2v) is 15.0. The molecule has 4 N–H and O–H groups in total. The SMILES string of the molecule is Cc1cccc(N2CCN(CC(=O)N[C@@H]3C[C@H]4C(=O)N[C@H](C(C)C)CC[C@@H](C)CC(=O)N[C@H](Cc5c[nH]c6ccccc56)C(=O)N4C3)CC2)c1. The van der Waals surface area contributed by atoms with Crippen molar-refractivity contribution in [2.24, 2.45) is 11.8 Å². The second kappa shape index (κ2) is 15.7. The van der Waals surface area contributed by atoms with Gasteiger partial charge >= 0.3 is 0 Å². The number of amides is 4. The Balaban J connectivity index is 1.17. The highest BCUT2D eigenvalue weighted by Crippen LogP contribution is 2.26. The van der Waals surface area contributed by atoms with Crippen molar-refractivity contribution in [1.82, 2.24) is 30.7 Å². The lowest BCUT2D eigenvalue weighted by atomic mass is 9.92. The maximum atomic E-state index is 14.5. The molecular weight excluding hydrogens is 630 g/mol. The molecule has 3 fully saturated rings. The summed E-state index contributed by atoms with van der Waals surface area (Å²) in [6.07, 6.45) is 4.32. The molecule has 4 amide bonds. The first-order valence-electron chi connectivity index (χ1n) is 18.3. The number of nitrogens with zero attached hydrogens (tertiary/aromatic N) is 3. The number of aryl methyl sites for hydroxylation is 1. The Hall–Kier alpha value is -4.38. The molecule has 2 aromatic carbocycles. The Kier molecular flexibility index (Phi) is 11.1. The molecule has 50 heavy (non-hydrogen) atoms. The quantitative estimate of drug-likeness (QED) is 0.303. The zero-order valence-electron chi connectivity index (χ0n) is 29.9. The number of H-pyrrole nitrogens is 1. The number of rotatable bonds is 7. The van der Waals surface area contributed by atoms with E-state index in [2.05, 4.69) is 75.8 Å². The topological polar surface area (TPSA) is 130 Å². The molecule has 0 spiro atoms. The van der Waals surface area contributed by atoms with Crippen LogP contribution in [0.3, 0.4) is 0 Å². The second-order valence-electron chi connectivity index (χ2n) is 15.0. The summed E-state index contributed by atoms with van der Waals surface area (Å²) in [5.74, 6) is -0.501. The van der Waals surface area contributed by atoms with Crippen LogP contribution in [0.25, 0.3) is 10.9 Å². The molecule has 1 aromatic heterocycles. The summed E-state index contributed by atoms with van der Waals surface area (Å²) >= 11 is 0. The van der Waals surface area contributed by atoms with E-state index in [1.54, 1.807) is 4.90 Å². The van der Waals surface area contributed by atoms with E-state index in [0.717, 1.165) is 55.5 Å². The summed E-state index contributed by atoms with van der Waals surface area (Å²) in [5, 5.41) is 10.5. The zero-order valence-corrected chi connectivity index (χ0v) is 29.9. The maximum Gasteiger partial charge on any atom is 0.246 e. The molecule has 0 aliphatic carbocycles. The highest BCUT2D eigenvalue weighted by molar-refractivity contribution is 5.94. The van der Waals surface area contributed by atoms with Crippen molar-refractivity contribution in [3.05, 3.63) is 65.9 Å². The normalized spacial score (nSPS) is 25.8. The molecule has 0 saturated carbocycles. The summed E-state index contributed by atoms with van der Waals surface area (Å²) in [6, 6.07) is 14.3. The average Bonchev–Trinajstić information content (AvgIpc) is 3.70. The van der Waals surface area contributed by atoms with Crippen LogP contribution >= 0.6 is 0 Å². The van der Waals surface area contributed by atoms with Crippen LogP contribution in [0.4, 0.5) is 5.69 Å². The number of anilines is 1. The number of nitrogens with one attached hydrogen (secondary N) is 4. The Bertz CT molecular complexity index is 1680. The summed E-state index contributed by atoms with van der Waals surface area (Å²) in [7, 11) is 0. The van der Waals surface area contributed by atoms with Crippen LogP contribution in [0, 0.1) is 18.8 Å². The third-order valence-corrected chi connectivity index (χ3v) is 10.7. The van der Waals surface area contributed by atoms with Crippen molar-refractivity contribution < 1.29 is 19.2 Å². The van der Waals surface area contributed by atoms with Gasteiger partial charge in [0.05, 0.1) is 6.54 Å². The fourth-order valence-corrected chi connectivity index (χ4v) is 7.81. The number of hydrogen-bond donors (Lipinski definition) is 4. The van der Waals surface area contributed by atoms with Crippen LogP contribution < -0.4 is 20.9 Å². The van der Waals surface area contributed by atoms with Gasteiger partial charge in [-0.05, 0) is 67.3 Å². The maximum absolute atomic E-state index is 14.5. The van der Waals surface area contributed by atoms with Gasteiger partial charge in [0.1, 0.15) is 12.1 Å². The smallest absolute Gasteiger partial charge is 0.246 e. The highest BCUT2D eigenvalue weighted by atomic mass is 16.2.